The average Bonchev–Trinajstić information content (AvgIpc) is 2.37. The van der Waals surface area contributed by atoms with Crippen LogP contribution in [0, 0.1) is 5.41 Å². The number of hydrogen-bond donors (Lipinski definition) is 1. The molecule has 3 nitrogen and oxygen atoms in total. The summed E-state index contributed by atoms with van der Waals surface area (Å²) in [6.07, 6.45) is 1.22. The van der Waals surface area contributed by atoms with Crippen LogP contribution >= 0.6 is 11.8 Å². The Labute approximate surface area is 119 Å². The van der Waals surface area contributed by atoms with Crippen molar-refractivity contribution in [3.63, 3.8) is 0 Å². The van der Waals surface area contributed by atoms with E-state index < -0.39 is 0 Å². The summed E-state index contributed by atoms with van der Waals surface area (Å²) in [7, 11) is 0. The predicted molar refractivity (Wildman–Crippen MR) is 80.6 cm³/mol. The first-order chi connectivity index (χ1) is 9.12. The molecule has 1 atom stereocenters. The fraction of sp³-hybridized carbons (Fsp3) is 0.600. The Balaban J connectivity index is 1.69. The number of hydrogen-bond acceptors (Lipinski definition) is 4. The quantitative estimate of drug-likeness (QED) is 0.899. The zero-order chi connectivity index (χ0) is 13.3. The molecular formula is C15H21NO2S. The summed E-state index contributed by atoms with van der Waals surface area (Å²) in [4.78, 5) is 0. The van der Waals surface area contributed by atoms with Crippen molar-refractivity contribution in [3.8, 4) is 11.5 Å². The van der Waals surface area contributed by atoms with Crippen LogP contribution in [0.2, 0.25) is 0 Å². The lowest BCUT2D eigenvalue weighted by Crippen LogP contribution is -2.35. The van der Waals surface area contributed by atoms with Crippen LogP contribution < -0.4 is 14.8 Å². The summed E-state index contributed by atoms with van der Waals surface area (Å²) >= 11 is 2.04. The topological polar surface area (TPSA) is 30.5 Å². The van der Waals surface area contributed by atoms with E-state index in [2.05, 4.69) is 31.3 Å². The minimum absolute atomic E-state index is 0.425. The van der Waals surface area contributed by atoms with Gasteiger partial charge in [0.15, 0.2) is 11.5 Å². The third-order valence-corrected chi connectivity index (χ3v) is 5.15. The largest absolute Gasteiger partial charge is 0.486 e. The van der Waals surface area contributed by atoms with Gasteiger partial charge in [0.1, 0.15) is 13.2 Å². The summed E-state index contributed by atoms with van der Waals surface area (Å²) < 4.78 is 11.2. The molecule has 0 saturated carbocycles. The fourth-order valence-electron chi connectivity index (χ4n) is 2.72. The van der Waals surface area contributed by atoms with Gasteiger partial charge in [0.2, 0.25) is 0 Å². The van der Waals surface area contributed by atoms with Crippen molar-refractivity contribution in [2.75, 3.05) is 30.0 Å². The maximum Gasteiger partial charge on any atom is 0.163 e. The summed E-state index contributed by atoms with van der Waals surface area (Å²) in [5.41, 5.74) is 1.56. The van der Waals surface area contributed by atoms with E-state index in [1.807, 2.05) is 17.8 Å². The Bertz CT molecular complexity index is 461. The van der Waals surface area contributed by atoms with Gasteiger partial charge in [-0.25, -0.2) is 0 Å². The number of benzene rings is 1. The number of thioether (sulfide) groups is 1. The zero-order valence-corrected chi connectivity index (χ0v) is 12.4. The van der Waals surface area contributed by atoms with Gasteiger partial charge in [-0.15, -0.1) is 0 Å². The van der Waals surface area contributed by atoms with E-state index >= 15 is 0 Å². The van der Waals surface area contributed by atoms with Crippen LogP contribution in [0.3, 0.4) is 0 Å². The van der Waals surface area contributed by atoms with Crippen molar-refractivity contribution in [1.29, 1.82) is 0 Å². The highest BCUT2D eigenvalue weighted by Gasteiger charge is 2.28. The Morgan fingerprint density at radius 3 is 2.79 bits per heavy atom. The molecule has 1 saturated heterocycles. The number of anilines is 1. The van der Waals surface area contributed by atoms with Crippen LogP contribution in [0.25, 0.3) is 0 Å². The predicted octanol–water partition coefficient (Wildman–Crippen LogP) is 3.40. The normalized spacial score (nSPS) is 24.8. The summed E-state index contributed by atoms with van der Waals surface area (Å²) in [5.74, 6) is 4.15. The number of ether oxygens (including phenoxy) is 2. The maximum absolute atomic E-state index is 5.62. The van der Waals surface area contributed by atoms with Gasteiger partial charge >= 0.3 is 0 Å². The molecule has 1 N–H and O–H groups in total. The van der Waals surface area contributed by atoms with Gasteiger partial charge in [0, 0.05) is 23.5 Å². The lowest BCUT2D eigenvalue weighted by molar-refractivity contribution is 0.171. The summed E-state index contributed by atoms with van der Waals surface area (Å²) in [5, 5.41) is 3.63. The fourth-order valence-corrected chi connectivity index (χ4v) is 4.00. The van der Waals surface area contributed by atoms with Crippen LogP contribution in [-0.4, -0.2) is 30.8 Å². The second-order valence-electron chi connectivity index (χ2n) is 6.08. The van der Waals surface area contributed by atoms with Crippen LogP contribution in [0.4, 0.5) is 5.69 Å². The van der Waals surface area contributed by atoms with Crippen molar-refractivity contribution < 1.29 is 9.47 Å². The highest BCUT2D eigenvalue weighted by atomic mass is 32.2. The molecule has 0 aliphatic carbocycles. The third-order valence-electron chi connectivity index (χ3n) is 3.52. The minimum atomic E-state index is 0.425. The van der Waals surface area contributed by atoms with E-state index in [1.165, 1.54) is 17.9 Å². The van der Waals surface area contributed by atoms with E-state index in [0.29, 0.717) is 24.7 Å². The minimum Gasteiger partial charge on any atom is -0.486 e. The first-order valence-electron chi connectivity index (χ1n) is 6.86. The van der Waals surface area contributed by atoms with E-state index in [-0.39, 0.29) is 0 Å². The second kappa shape index (κ2) is 5.16. The smallest absolute Gasteiger partial charge is 0.163 e. The molecule has 0 spiro atoms. The molecule has 104 valence electrons. The third kappa shape index (κ3) is 3.11. The molecule has 1 unspecified atom stereocenters. The van der Waals surface area contributed by atoms with E-state index in [4.69, 9.17) is 9.47 Å². The first kappa shape index (κ1) is 13.0. The highest BCUT2D eigenvalue weighted by Crippen LogP contribution is 2.36. The second-order valence-corrected chi connectivity index (χ2v) is 7.11. The van der Waals surface area contributed by atoms with Crippen molar-refractivity contribution in [2.24, 2.45) is 5.41 Å². The van der Waals surface area contributed by atoms with E-state index in [9.17, 15) is 0 Å². The molecule has 0 amide bonds. The molecular weight excluding hydrogens is 258 g/mol. The Kier molecular flexibility index (Phi) is 3.52. The molecule has 0 aromatic heterocycles. The molecule has 4 heteroatoms. The van der Waals surface area contributed by atoms with Crippen LogP contribution in [0.1, 0.15) is 20.3 Å². The number of nitrogens with one attached hydrogen (secondary N) is 1. The summed E-state index contributed by atoms with van der Waals surface area (Å²) in [6, 6.07) is 6.68. The molecule has 0 bridgehead atoms. The standard InChI is InChI=1S/C15H21NO2S/c1-15(2)8-12(9-19-10-15)16-11-3-4-13-14(7-11)18-6-5-17-13/h3-4,7,12,16H,5-6,8-10H2,1-2H3. The zero-order valence-electron chi connectivity index (χ0n) is 11.6. The molecule has 2 aliphatic heterocycles. The molecule has 2 heterocycles. The Morgan fingerprint density at radius 1 is 1.21 bits per heavy atom. The van der Waals surface area contributed by atoms with Crippen molar-refractivity contribution in [2.45, 2.75) is 26.3 Å². The Morgan fingerprint density at radius 2 is 2.00 bits per heavy atom. The maximum atomic E-state index is 5.62. The van der Waals surface area contributed by atoms with Gasteiger partial charge in [-0.1, -0.05) is 13.8 Å². The van der Waals surface area contributed by atoms with Gasteiger partial charge in [0.05, 0.1) is 0 Å². The molecule has 0 radical (unpaired) electrons. The molecule has 2 aliphatic rings. The number of rotatable bonds is 2. The van der Waals surface area contributed by atoms with Crippen molar-refractivity contribution >= 4 is 17.4 Å². The lowest BCUT2D eigenvalue weighted by Gasteiger charge is -2.35. The summed E-state index contributed by atoms with van der Waals surface area (Å²) in [6.45, 7) is 5.98. The lowest BCUT2D eigenvalue weighted by atomic mass is 9.88. The molecule has 1 aromatic carbocycles. The SMILES string of the molecule is CC1(C)CSCC(Nc2ccc3c(c2)OCCO3)C1. The van der Waals surface area contributed by atoms with Gasteiger partial charge in [-0.05, 0) is 29.7 Å². The van der Waals surface area contributed by atoms with Crippen LogP contribution in [-0.2, 0) is 0 Å². The van der Waals surface area contributed by atoms with E-state index in [0.717, 1.165) is 17.2 Å². The van der Waals surface area contributed by atoms with Crippen molar-refractivity contribution in [1.82, 2.24) is 0 Å². The average molecular weight is 279 g/mol. The monoisotopic (exact) mass is 279 g/mol. The van der Waals surface area contributed by atoms with Gasteiger partial charge in [-0.2, -0.15) is 11.8 Å². The highest BCUT2D eigenvalue weighted by molar-refractivity contribution is 7.99. The van der Waals surface area contributed by atoms with E-state index in [1.54, 1.807) is 0 Å². The molecule has 19 heavy (non-hydrogen) atoms. The first-order valence-corrected chi connectivity index (χ1v) is 8.02. The van der Waals surface area contributed by atoms with Crippen molar-refractivity contribution in [3.05, 3.63) is 18.2 Å². The Hall–Kier alpha value is -1.03. The number of fused-ring (bicyclic) bond motifs is 1. The van der Waals surface area contributed by atoms with Crippen LogP contribution in [0.5, 0.6) is 11.5 Å². The van der Waals surface area contributed by atoms with Crippen LogP contribution in [0.15, 0.2) is 18.2 Å². The van der Waals surface area contributed by atoms with Gasteiger partial charge in [0.25, 0.3) is 0 Å². The van der Waals surface area contributed by atoms with Gasteiger partial charge in [-0.3, -0.25) is 0 Å². The molecule has 3 rings (SSSR count). The molecule has 1 aromatic rings. The molecule has 1 fully saturated rings. The van der Waals surface area contributed by atoms with Gasteiger partial charge < -0.3 is 14.8 Å².